The second-order valence-corrected chi connectivity index (χ2v) is 6.71. The first kappa shape index (κ1) is 19.2. The Morgan fingerprint density at radius 3 is 2.47 bits per heavy atom. The molecule has 0 fully saturated rings. The quantitative estimate of drug-likeness (QED) is 0.704. The fourth-order valence-corrected chi connectivity index (χ4v) is 3.33. The van der Waals surface area contributed by atoms with Crippen LogP contribution in [0.3, 0.4) is 0 Å². The number of amides is 1. The molecule has 2 heterocycles. The van der Waals surface area contributed by atoms with Crippen LogP contribution in [0.1, 0.15) is 49.9 Å². The molecule has 7 heteroatoms. The number of carbonyl (C=O) groups excluding carboxylic acids is 2. The van der Waals surface area contributed by atoms with E-state index in [9.17, 15) is 14.9 Å². The van der Waals surface area contributed by atoms with Gasteiger partial charge in [-0.05, 0) is 47.5 Å². The van der Waals surface area contributed by atoms with Crippen LogP contribution in [0.25, 0.3) is 0 Å². The van der Waals surface area contributed by atoms with Crippen LogP contribution in [0, 0.1) is 11.3 Å². The van der Waals surface area contributed by atoms with E-state index in [-0.39, 0.29) is 30.1 Å². The molecule has 148 valence electrons. The van der Waals surface area contributed by atoms with Gasteiger partial charge in [0.05, 0.1) is 12.2 Å². The van der Waals surface area contributed by atoms with E-state index in [1.54, 1.807) is 60.9 Å². The summed E-state index contributed by atoms with van der Waals surface area (Å²) in [5.41, 5.74) is 7.83. The molecule has 1 atom stereocenters. The van der Waals surface area contributed by atoms with Crippen molar-refractivity contribution >= 4 is 11.7 Å². The summed E-state index contributed by atoms with van der Waals surface area (Å²) in [6.07, 6.45) is 2.98. The highest BCUT2D eigenvalue weighted by atomic mass is 16.5. The minimum atomic E-state index is -0.584. The number of Topliss-reactive ketones (excluding diaryl/α,β-unsaturated/α-hetero) is 1. The highest BCUT2D eigenvalue weighted by molar-refractivity contribution is 6.00. The first-order valence-corrected chi connectivity index (χ1v) is 9.28. The molecule has 0 bridgehead atoms. The lowest BCUT2D eigenvalue weighted by molar-refractivity contribution is 0.0931. The average molecular weight is 399 g/mol. The van der Waals surface area contributed by atoms with Crippen molar-refractivity contribution in [2.45, 2.75) is 12.5 Å². The summed E-state index contributed by atoms with van der Waals surface area (Å²) in [6, 6.07) is 15.7. The lowest BCUT2D eigenvalue weighted by atomic mass is 9.99. The third kappa shape index (κ3) is 3.59. The Morgan fingerprint density at radius 2 is 1.80 bits per heavy atom. The number of fused-ring (bicyclic) bond motifs is 1. The van der Waals surface area contributed by atoms with Gasteiger partial charge in [-0.1, -0.05) is 12.1 Å². The monoisotopic (exact) mass is 399 g/mol. The molecule has 2 N–H and O–H groups in total. The molecule has 0 radical (unpaired) electrons. The maximum Gasteiger partial charge on any atom is 0.248 e. The van der Waals surface area contributed by atoms with Crippen LogP contribution < -0.4 is 15.2 Å². The Bertz CT molecular complexity index is 1150. The molecule has 0 aliphatic carbocycles. The normalized spacial score (nSPS) is 13.5. The Labute approximate surface area is 172 Å². The van der Waals surface area contributed by atoms with Gasteiger partial charge in [0.15, 0.2) is 11.5 Å². The van der Waals surface area contributed by atoms with Gasteiger partial charge in [-0.3, -0.25) is 14.6 Å². The number of nitriles is 1. The van der Waals surface area contributed by atoms with Crippen LogP contribution >= 0.6 is 0 Å². The van der Waals surface area contributed by atoms with Gasteiger partial charge in [-0.2, -0.15) is 5.26 Å². The summed E-state index contributed by atoms with van der Waals surface area (Å²) in [5, 5.41) is 9.73. The zero-order valence-corrected chi connectivity index (χ0v) is 15.9. The second kappa shape index (κ2) is 8.05. The molecule has 7 nitrogen and oxygen atoms in total. The highest BCUT2D eigenvalue weighted by Gasteiger charge is 2.26. The van der Waals surface area contributed by atoms with E-state index in [1.807, 2.05) is 0 Å². The molecular formula is C23H17N3O4. The molecule has 30 heavy (non-hydrogen) atoms. The molecule has 0 spiro atoms. The number of hydrogen-bond donors (Lipinski definition) is 1. The summed E-state index contributed by atoms with van der Waals surface area (Å²) in [7, 11) is 0. The van der Waals surface area contributed by atoms with Gasteiger partial charge in [-0.15, -0.1) is 0 Å². The fourth-order valence-electron chi connectivity index (χ4n) is 3.33. The number of nitrogens with two attached hydrogens (primary N) is 1. The molecular weight excluding hydrogens is 382 g/mol. The molecule has 0 saturated carbocycles. The average Bonchev–Trinajstić information content (AvgIpc) is 2.78. The summed E-state index contributed by atoms with van der Waals surface area (Å²) in [4.78, 5) is 27.6. The lowest BCUT2D eigenvalue weighted by Crippen LogP contribution is -2.17. The molecule has 1 aliphatic heterocycles. The number of ketones is 1. The van der Waals surface area contributed by atoms with Crippen LogP contribution in [0.4, 0.5) is 0 Å². The zero-order valence-electron chi connectivity index (χ0n) is 15.9. The maximum absolute atomic E-state index is 12.1. The number of rotatable bonds is 5. The predicted molar refractivity (Wildman–Crippen MR) is 107 cm³/mol. The molecule has 0 saturated heterocycles. The van der Waals surface area contributed by atoms with Crippen LogP contribution in [0.5, 0.6) is 11.5 Å². The van der Waals surface area contributed by atoms with E-state index < -0.39 is 12.0 Å². The van der Waals surface area contributed by atoms with Crippen molar-refractivity contribution in [2.24, 2.45) is 5.73 Å². The summed E-state index contributed by atoms with van der Waals surface area (Å²) in [5.74, 6) is -0.0335. The summed E-state index contributed by atoms with van der Waals surface area (Å²) >= 11 is 0. The lowest BCUT2D eigenvalue weighted by Gasteiger charge is -2.23. The Kier molecular flexibility index (Phi) is 5.14. The van der Waals surface area contributed by atoms with Crippen molar-refractivity contribution in [3.8, 4) is 17.6 Å². The van der Waals surface area contributed by atoms with E-state index in [4.69, 9.17) is 15.2 Å². The summed E-state index contributed by atoms with van der Waals surface area (Å²) < 4.78 is 11.9. The number of aromatic nitrogens is 1. The SMILES string of the molecule is N#Cc1c(O[C@@H](c2ccncc2)c2ccc(C(N)=O)cc2)ccc2c1OCCC2=O. The first-order chi connectivity index (χ1) is 14.6. The first-order valence-electron chi connectivity index (χ1n) is 9.28. The Morgan fingerprint density at radius 1 is 1.10 bits per heavy atom. The smallest absolute Gasteiger partial charge is 0.248 e. The van der Waals surface area contributed by atoms with Gasteiger partial charge in [-0.25, -0.2) is 0 Å². The number of ether oxygens (including phenoxy) is 2. The molecule has 1 aliphatic rings. The van der Waals surface area contributed by atoms with Crippen molar-refractivity contribution in [3.05, 3.63) is 88.7 Å². The molecule has 0 unspecified atom stereocenters. The van der Waals surface area contributed by atoms with Crippen LogP contribution in [0.2, 0.25) is 0 Å². The van der Waals surface area contributed by atoms with E-state index in [1.165, 1.54) is 0 Å². The number of nitrogens with zero attached hydrogens (tertiary/aromatic N) is 2. The van der Waals surface area contributed by atoms with Crippen LogP contribution in [0.15, 0.2) is 60.9 Å². The van der Waals surface area contributed by atoms with Gasteiger partial charge in [0, 0.05) is 24.4 Å². The van der Waals surface area contributed by atoms with Gasteiger partial charge in [0.2, 0.25) is 5.91 Å². The number of primary amides is 1. The van der Waals surface area contributed by atoms with Crippen molar-refractivity contribution in [1.29, 1.82) is 5.26 Å². The maximum atomic E-state index is 12.1. The largest absolute Gasteiger partial charge is 0.491 e. The van der Waals surface area contributed by atoms with Gasteiger partial charge in [0.25, 0.3) is 0 Å². The molecule has 1 amide bonds. The second-order valence-electron chi connectivity index (χ2n) is 6.71. The van der Waals surface area contributed by atoms with Crippen molar-refractivity contribution in [3.63, 3.8) is 0 Å². The van der Waals surface area contributed by atoms with Crippen molar-refractivity contribution < 1.29 is 19.1 Å². The third-order valence-corrected chi connectivity index (χ3v) is 4.86. The van der Waals surface area contributed by atoms with E-state index in [0.717, 1.165) is 11.1 Å². The van der Waals surface area contributed by atoms with Gasteiger partial charge in [0.1, 0.15) is 23.5 Å². The Hall–Kier alpha value is -4.18. The topological polar surface area (TPSA) is 115 Å². The number of benzene rings is 2. The standard InChI is InChI=1S/C23H17N3O4/c24-13-18-20(6-5-17-19(27)9-12-29-22(17)18)30-21(15-7-10-26-11-8-15)14-1-3-16(4-2-14)23(25)28/h1-8,10-11,21H,9,12H2,(H2,25,28)/t21-/m1/s1. The Balaban J connectivity index is 1.77. The van der Waals surface area contributed by atoms with E-state index >= 15 is 0 Å². The van der Waals surface area contributed by atoms with Gasteiger partial charge >= 0.3 is 0 Å². The minimum Gasteiger partial charge on any atom is -0.491 e. The fraction of sp³-hybridized carbons (Fsp3) is 0.130. The van der Waals surface area contributed by atoms with Gasteiger partial charge < -0.3 is 15.2 Å². The van der Waals surface area contributed by atoms with Crippen molar-refractivity contribution in [2.75, 3.05) is 6.61 Å². The highest BCUT2D eigenvalue weighted by Crippen LogP contribution is 2.38. The molecule has 4 rings (SSSR count). The van der Waals surface area contributed by atoms with Crippen molar-refractivity contribution in [1.82, 2.24) is 4.98 Å². The number of hydrogen-bond acceptors (Lipinski definition) is 6. The van der Waals surface area contributed by atoms with E-state index in [2.05, 4.69) is 11.1 Å². The molecule has 3 aromatic rings. The minimum absolute atomic E-state index is 0.0629. The summed E-state index contributed by atoms with van der Waals surface area (Å²) in [6.45, 7) is 0.229. The van der Waals surface area contributed by atoms with Crippen LogP contribution in [-0.4, -0.2) is 23.3 Å². The zero-order chi connectivity index (χ0) is 21.1. The third-order valence-electron chi connectivity index (χ3n) is 4.86. The molecule has 2 aromatic carbocycles. The number of pyridine rings is 1. The molecule has 1 aromatic heterocycles. The predicted octanol–water partition coefficient (Wildman–Crippen LogP) is 3.19. The number of carbonyl (C=O) groups is 2. The van der Waals surface area contributed by atoms with Crippen LogP contribution in [-0.2, 0) is 0 Å². The van der Waals surface area contributed by atoms with E-state index in [0.29, 0.717) is 16.9 Å².